The van der Waals surface area contributed by atoms with Crippen molar-refractivity contribution >= 4 is 77.7 Å². The summed E-state index contributed by atoms with van der Waals surface area (Å²) < 4.78 is 20.6. The van der Waals surface area contributed by atoms with Crippen LogP contribution in [0.25, 0.3) is 60.6 Å². The number of anilines is 3. The van der Waals surface area contributed by atoms with E-state index in [1.54, 1.807) is 0 Å². The van der Waals surface area contributed by atoms with Crippen molar-refractivity contribution in [1.82, 2.24) is 0 Å². The molecule has 0 saturated carbocycles. The van der Waals surface area contributed by atoms with Crippen molar-refractivity contribution in [2.24, 2.45) is 5.92 Å². The van der Waals surface area contributed by atoms with Gasteiger partial charge in [0.2, 0.25) is 0 Å². The van der Waals surface area contributed by atoms with E-state index in [-0.39, 0.29) is 18.1 Å². The van der Waals surface area contributed by atoms with E-state index in [4.69, 9.17) is 13.6 Å². The highest BCUT2D eigenvalue weighted by molar-refractivity contribution is 6.10. The molecule has 3 atom stereocenters. The molecule has 0 amide bonds. The Hall–Kier alpha value is -8.38. The minimum absolute atomic E-state index is 0.0273. The second kappa shape index (κ2) is 16.5. The van der Waals surface area contributed by atoms with Gasteiger partial charge in [0.15, 0.2) is 11.2 Å². The van der Waals surface area contributed by atoms with Crippen LogP contribution in [-0.4, -0.2) is 18.8 Å². The molecule has 1 fully saturated rings. The first-order valence-corrected chi connectivity index (χ1v) is 23.5. The number of ether oxygens (including phenoxy) is 1. The normalized spacial score (nSPS) is 18.5. The van der Waals surface area contributed by atoms with Gasteiger partial charge in [-0.25, -0.2) is 0 Å². The summed E-state index contributed by atoms with van der Waals surface area (Å²) in [7, 11) is 0. The Morgan fingerprint density at radius 3 is 2.00 bits per heavy atom. The summed E-state index contributed by atoms with van der Waals surface area (Å²) in [6, 6.07) is 59.3. The molecule has 13 rings (SSSR count). The van der Waals surface area contributed by atoms with Crippen LogP contribution in [0.1, 0.15) is 12.0 Å². The molecule has 326 valence electrons. The zero-order valence-electron chi connectivity index (χ0n) is 37.3. The molecule has 1 saturated heterocycles. The third-order valence-electron chi connectivity index (χ3n) is 14.0. The number of fused-ring (bicyclic) bond motifs is 12. The smallest absolute Gasteiger partial charge is 0.159 e. The quantitative estimate of drug-likeness (QED) is 0.128. The Morgan fingerprint density at radius 1 is 0.618 bits per heavy atom. The fraction of sp³-hybridized carbons (Fsp3) is 0.0794. The van der Waals surface area contributed by atoms with Crippen LogP contribution < -0.4 is 20.2 Å². The summed E-state index contributed by atoms with van der Waals surface area (Å²) in [6.07, 6.45) is 20.6. The Kier molecular flexibility index (Phi) is 9.69. The first kappa shape index (κ1) is 39.9. The monoisotopic (exact) mass is 878 g/mol. The van der Waals surface area contributed by atoms with E-state index in [2.05, 4.69) is 205 Å². The number of nitrogens with zero attached hydrogens (tertiary/aromatic N) is 2. The van der Waals surface area contributed by atoms with Gasteiger partial charge in [0.1, 0.15) is 11.2 Å². The van der Waals surface area contributed by atoms with Crippen molar-refractivity contribution in [3.05, 3.63) is 264 Å². The summed E-state index contributed by atoms with van der Waals surface area (Å²) >= 11 is 0. The van der Waals surface area contributed by atoms with E-state index in [0.29, 0.717) is 13.0 Å². The Bertz CT molecular complexity index is 3820. The number of hydrogen-bond donors (Lipinski definition) is 0. The summed E-state index contributed by atoms with van der Waals surface area (Å²) in [5.74, 6) is 0.0273. The predicted octanol–water partition coefficient (Wildman–Crippen LogP) is 14.0. The molecule has 5 nitrogen and oxygen atoms in total. The van der Waals surface area contributed by atoms with Crippen molar-refractivity contribution in [3.63, 3.8) is 0 Å². The lowest BCUT2D eigenvalue weighted by Gasteiger charge is -2.33. The molecular formula is C63H46N2O3. The molecule has 2 aromatic heterocycles. The second-order valence-electron chi connectivity index (χ2n) is 17.9. The number of rotatable bonds is 10. The van der Waals surface area contributed by atoms with Gasteiger partial charge in [-0.1, -0.05) is 176 Å². The Morgan fingerprint density at radius 2 is 1.25 bits per heavy atom. The van der Waals surface area contributed by atoms with Gasteiger partial charge in [-0.3, -0.25) is 0 Å². The molecule has 1 unspecified atom stereocenters. The zero-order valence-corrected chi connectivity index (χ0v) is 37.3. The largest absolute Gasteiger partial charge is 0.454 e. The number of benzene rings is 7. The first-order valence-electron chi connectivity index (χ1n) is 23.5. The first-order chi connectivity index (χ1) is 33.7. The van der Waals surface area contributed by atoms with Gasteiger partial charge in [0.05, 0.1) is 23.6 Å². The average molecular weight is 879 g/mol. The van der Waals surface area contributed by atoms with Crippen molar-refractivity contribution in [1.29, 1.82) is 0 Å². The lowest BCUT2D eigenvalue weighted by atomic mass is 9.77. The Labute approximate surface area is 394 Å². The van der Waals surface area contributed by atoms with Gasteiger partial charge in [-0.2, -0.15) is 0 Å². The number of furan rings is 2. The van der Waals surface area contributed by atoms with E-state index in [1.807, 2.05) is 36.4 Å². The van der Waals surface area contributed by atoms with Crippen molar-refractivity contribution < 1.29 is 13.6 Å². The van der Waals surface area contributed by atoms with Gasteiger partial charge in [0, 0.05) is 57.5 Å². The van der Waals surface area contributed by atoms with Crippen LogP contribution in [0.4, 0.5) is 17.1 Å². The van der Waals surface area contributed by atoms with Gasteiger partial charge in [-0.05, 0) is 92.9 Å². The lowest BCUT2D eigenvalue weighted by molar-refractivity contribution is 0.0557. The number of allylic oxidation sites excluding steroid dienone is 8. The summed E-state index contributed by atoms with van der Waals surface area (Å²) in [4.78, 5) is 4.73. The molecule has 1 aliphatic heterocycles. The zero-order chi connectivity index (χ0) is 45.1. The maximum Gasteiger partial charge on any atom is 0.159 e. The highest BCUT2D eigenvalue weighted by atomic mass is 16.5. The number of para-hydroxylation sites is 5. The third kappa shape index (κ3) is 6.65. The molecule has 5 heteroatoms. The maximum atomic E-state index is 7.35. The Balaban J connectivity index is 0.901. The number of hydrogen-bond acceptors (Lipinski definition) is 5. The van der Waals surface area contributed by atoms with Gasteiger partial charge < -0.3 is 23.4 Å². The van der Waals surface area contributed by atoms with Crippen molar-refractivity contribution in [2.75, 3.05) is 16.3 Å². The van der Waals surface area contributed by atoms with Gasteiger partial charge in [0.25, 0.3) is 0 Å². The molecule has 68 heavy (non-hydrogen) atoms. The maximum absolute atomic E-state index is 7.35. The lowest BCUT2D eigenvalue weighted by Crippen LogP contribution is -2.41. The standard InChI is InChI=1S/C63H46N2O3/c1-41(42-20-6-2-7-21-42)19-5-4-16-38-64(55-30-17-28-50-47-25-12-14-32-57(47)66-61(50)55)44-34-36-52-54(39-44)46-24-10-11-27-49(46)60-53-37-35-45(40-59(53)68-63(52)60)65(43-22-8-3-9-23-43)56-31-18-29-51-48-26-13-15-33-58(48)67-62(51)56/h2-37,39,52,59,63H,1,38,40H2/b16-4-,19-5-/t52?,59-,63+/m0/s1. The van der Waals surface area contributed by atoms with Crippen LogP contribution in [0.2, 0.25) is 0 Å². The van der Waals surface area contributed by atoms with Gasteiger partial charge >= 0.3 is 0 Å². The summed E-state index contributed by atoms with van der Waals surface area (Å²) in [6.45, 7) is 4.92. The van der Waals surface area contributed by atoms with E-state index >= 15 is 0 Å². The second-order valence-corrected chi connectivity index (χ2v) is 17.9. The molecule has 3 aliphatic carbocycles. The van der Waals surface area contributed by atoms with Crippen molar-refractivity contribution in [3.8, 4) is 0 Å². The molecular weight excluding hydrogens is 833 g/mol. The SMILES string of the molecule is C=C(/C=C\C=C/CN(C1=CC2=c3ccccc3=C3C4=CC=C(N(c5ccccc5)c5cccc6c5oc5ccccc56)C[C@@H]4O[C@@H]3C2C=C1)c1cccc2c1oc1ccccc12)c1ccccc1. The molecule has 4 aliphatic rings. The molecule has 0 spiro atoms. The molecule has 9 aromatic rings. The van der Waals surface area contributed by atoms with Crippen LogP contribution >= 0.6 is 0 Å². The van der Waals surface area contributed by atoms with Crippen LogP contribution in [-0.2, 0) is 4.74 Å². The highest BCUT2D eigenvalue weighted by Gasteiger charge is 2.44. The fourth-order valence-corrected chi connectivity index (χ4v) is 10.9. The van der Waals surface area contributed by atoms with Crippen LogP contribution in [0.15, 0.2) is 257 Å². The minimum Gasteiger partial charge on any atom is -0.454 e. The van der Waals surface area contributed by atoms with Gasteiger partial charge in [-0.15, -0.1) is 0 Å². The summed E-state index contributed by atoms with van der Waals surface area (Å²) in [5, 5.41) is 6.91. The third-order valence-corrected chi connectivity index (χ3v) is 14.0. The van der Waals surface area contributed by atoms with Crippen LogP contribution in [0, 0.1) is 5.92 Å². The van der Waals surface area contributed by atoms with Crippen LogP contribution in [0.3, 0.4) is 0 Å². The highest BCUT2D eigenvalue weighted by Crippen LogP contribution is 2.48. The molecule has 7 aromatic carbocycles. The molecule has 3 heterocycles. The van der Waals surface area contributed by atoms with E-state index in [9.17, 15) is 0 Å². The topological polar surface area (TPSA) is 42.0 Å². The van der Waals surface area contributed by atoms with E-state index in [0.717, 1.165) is 83.5 Å². The van der Waals surface area contributed by atoms with Crippen molar-refractivity contribution in [2.45, 2.75) is 18.6 Å². The summed E-state index contributed by atoms with van der Waals surface area (Å²) in [5.41, 5.74) is 14.7. The van der Waals surface area contributed by atoms with E-state index in [1.165, 1.54) is 27.2 Å². The molecule has 0 N–H and O–H groups in total. The van der Waals surface area contributed by atoms with Crippen LogP contribution in [0.5, 0.6) is 0 Å². The minimum atomic E-state index is -0.142. The predicted molar refractivity (Wildman–Crippen MR) is 280 cm³/mol. The fourth-order valence-electron chi connectivity index (χ4n) is 10.9. The van der Waals surface area contributed by atoms with E-state index < -0.39 is 0 Å². The average Bonchev–Trinajstić information content (AvgIpc) is 4.10. The molecule has 0 radical (unpaired) electrons. The molecule has 0 bridgehead atoms.